The lowest BCUT2D eigenvalue weighted by atomic mass is 9.97. The minimum atomic E-state index is -0.0700. The number of nitrogens with zero attached hydrogens (tertiary/aromatic N) is 2. The average molecular weight is 365 g/mol. The molecule has 1 fully saturated rings. The van der Waals surface area contributed by atoms with Crippen LogP contribution in [0.3, 0.4) is 0 Å². The van der Waals surface area contributed by atoms with Crippen molar-refractivity contribution < 1.29 is 13.9 Å². The van der Waals surface area contributed by atoms with Crippen LogP contribution in [0.1, 0.15) is 18.4 Å². The quantitative estimate of drug-likeness (QED) is 0.751. The van der Waals surface area contributed by atoms with Gasteiger partial charge in [0.2, 0.25) is 5.91 Å². The smallest absolute Gasteiger partial charge is 0.298 e. The molecule has 1 saturated heterocycles. The molecule has 1 atom stereocenters. The van der Waals surface area contributed by atoms with Gasteiger partial charge in [0, 0.05) is 19.6 Å². The van der Waals surface area contributed by atoms with Crippen molar-refractivity contribution in [2.45, 2.75) is 19.4 Å². The second-order valence-corrected chi connectivity index (χ2v) is 6.82. The molecule has 1 aliphatic heterocycles. The molecule has 6 heteroatoms. The molecule has 1 amide bonds. The number of anilines is 1. The fourth-order valence-corrected chi connectivity index (χ4v) is 3.48. The highest BCUT2D eigenvalue weighted by Crippen LogP contribution is 2.26. The minimum Gasteiger partial charge on any atom is -0.497 e. The Morgan fingerprint density at radius 2 is 2.19 bits per heavy atom. The molecule has 140 valence electrons. The summed E-state index contributed by atoms with van der Waals surface area (Å²) in [5, 5.41) is 3.05. The van der Waals surface area contributed by atoms with Crippen LogP contribution in [0.5, 0.6) is 5.75 Å². The van der Waals surface area contributed by atoms with Gasteiger partial charge in [-0.2, -0.15) is 4.98 Å². The van der Waals surface area contributed by atoms with E-state index in [1.807, 2.05) is 48.5 Å². The highest BCUT2D eigenvalue weighted by Gasteiger charge is 2.28. The number of amides is 1. The van der Waals surface area contributed by atoms with Gasteiger partial charge in [-0.25, -0.2) is 0 Å². The number of aromatic nitrogens is 1. The number of carbonyl (C=O) groups excluding carboxylic acids is 1. The van der Waals surface area contributed by atoms with Crippen LogP contribution in [0.2, 0.25) is 0 Å². The third kappa shape index (κ3) is 3.89. The summed E-state index contributed by atoms with van der Waals surface area (Å²) in [4.78, 5) is 19.3. The topological polar surface area (TPSA) is 67.6 Å². The normalized spacial score (nSPS) is 17.1. The van der Waals surface area contributed by atoms with Crippen LogP contribution >= 0.6 is 0 Å². The lowest BCUT2D eigenvalue weighted by Crippen LogP contribution is -2.43. The molecule has 0 aliphatic carbocycles. The number of fused-ring (bicyclic) bond motifs is 1. The second kappa shape index (κ2) is 7.70. The lowest BCUT2D eigenvalue weighted by Gasteiger charge is -2.30. The second-order valence-electron chi connectivity index (χ2n) is 6.82. The van der Waals surface area contributed by atoms with E-state index < -0.39 is 0 Å². The van der Waals surface area contributed by atoms with Crippen LogP contribution in [-0.4, -0.2) is 31.1 Å². The zero-order chi connectivity index (χ0) is 18.6. The summed E-state index contributed by atoms with van der Waals surface area (Å²) in [7, 11) is 1.64. The Balaban J connectivity index is 1.39. The summed E-state index contributed by atoms with van der Waals surface area (Å²) < 4.78 is 11.1. The summed E-state index contributed by atoms with van der Waals surface area (Å²) in [6, 6.07) is 16.1. The molecule has 0 saturated carbocycles. The van der Waals surface area contributed by atoms with Gasteiger partial charge in [0.1, 0.15) is 11.3 Å². The Kier molecular flexibility index (Phi) is 4.96. The van der Waals surface area contributed by atoms with Crippen LogP contribution in [0.25, 0.3) is 11.1 Å². The van der Waals surface area contributed by atoms with E-state index in [0.29, 0.717) is 19.1 Å². The maximum absolute atomic E-state index is 12.7. The zero-order valence-corrected chi connectivity index (χ0v) is 15.4. The number of nitrogens with one attached hydrogen (secondary N) is 1. The van der Waals surface area contributed by atoms with Gasteiger partial charge in [0.15, 0.2) is 5.58 Å². The van der Waals surface area contributed by atoms with Crippen molar-refractivity contribution in [2.75, 3.05) is 25.1 Å². The number of carbonyl (C=O) groups is 1. The largest absolute Gasteiger partial charge is 0.497 e. The Morgan fingerprint density at radius 1 is 1.30 bits per heavy atom. The third-order valence-electron chi connectivity index (χ3n) is 4.95. The van der Waals surface area contributed by atoms with Crippen molar-refractivity contribution in [3.63, 3.8) is 0 Å². The van der Waals surface area contributed by atoms with Crippen molar-refractivity contribution >= 4 is 23.0 Å². The number of hydrogen-bond acceptors (Lipinski definition) is 5. The van der Waals surface area contributed by atoms with Crippen molar-refractivity contribution in [3.05, 3.63) is 54.1 Å². The number of benzene rings is 2. The van der Waals surface area contributed by atoms with Crippen molar-refractivity contribution in [1.29, 1.82) is 0 Å². The Hall–Kier alpha value is -3.02. The fourth-order valence-electron chi connectivity index (χ4n) is 3.48. The molecule has 0 bridgehead atoms. The highest BCUT2D eigenvalue weighted by molar-refractivity contribution is 5.80. The molecule has 1 N–H and O–H groups in total. The van der Waals surface area contributed by atoms with E-state index in [1.165, 1.54) is 0 Å². The summed E-state index contributed by atoms with van der Waals surface area (Å²) >= 11 is 0. The molecular formula is C21H23N3O3. The monoisotopic (exact) mass is 365 g/mol. The van der Waals surface area contributed by atoms with Gasteiger partial charge < -0.3 is 19.4 Å². The van der Waals surface area contributed by atoms with Gasteiger partial charge in [-0.1, -0.05) is 24.3 Å². The lowest BCUT2D eigenvalue weighted by molar-refractivity contribution is -0.125. The van der Waals surface area contributed by atoms with Crippen molar-refractivity contribution in [3.8, 4) is 5.75 Å². The van der Waals surface area contributed by atoms with E-state index in [4.69, 9.17) is 9.15 Å². The van der Waals surface area contributed by atoms with Gasteiger partial charge in [-0.05, 0) is 42.7 Å². The zero-order valence-electron chi connectivity index (χ0n) is 15.4. The summed E-state index contributed by atoms with van der Waals surface area (Å²) in [5.74, 6) is 0.791. The number of methoxy groups -OCH3 is 1. The number of oxazole rings is 1. The van der Waals surface area contributed by atoms with Crippen LogP contribution in [0.15, 0.2) is 52.9 Å². The van der Waals surface area contributed by atoms with Gasteiger partial charge in [0.25, 0.3) is 6.01 Å². The van der Waals surface area contributed by atoms with Crippen LogP contribution in [0, 0.1) is 5.92 Å². The standard InChI is InChI=1S/C21H23N3O3/c1-26-17-8-4-6-15(12-17)13-22-20(25)16-7-5-11-24(14-16)21-23-18-9-2-3-10-19(18)27-21/h2-4,6,8-10,12,16H,5,7,11,13-14H2,1H3,(H,22,25)/t16-/m1/s1. The molecule has 3 aromatic rings. The van der Waals surface area contributed by atoms with Gasteiger partial charge in [-0.3, -0.25) is 4.79 Å². The van der Waals surface area contributed by atoms with E-state index in [0.717, 1.165) is 41.8 Å². The molecule has 0 spiro atoms. The van der Waals surface area contributed by atoms with Crippen LogP contribution in [0.4, 0.5) is 6.01 Å². The molecule has 1 aromatic heterocycles. The van der Waals surface area contributed by atoms with Crippen molar-refractivity contribution in [1.82, 2.24) is 10.3 Å². The molecule has 0 unspecified atom stereocenters. The predicted molar refractivity (Wildman–Crippen MR) is 104 cm³/mol. The first-order chi connectivity index (χ1) is 13.2. The van der Waals surface area contributed by atoms with E-state index in [9.17, 15) is 4.79 Å². The van der Waals surface area contributed by atoms with E-state index >= 15 is 0 Å². The van der Waals surface area contributed by atoms with Gasteiger partial charge >= 0.3 is 0 Å². The summed E-state index contributed by atoms with van der Waals surface area (Å²) in [5.41, 5.74) is 2.64. The van der Waals surface area contributed by atoms with E-state index in [2.05, 4.69) is 15.2 Å². The predicted octanol–water partition coefficient (Wildman–Crippen LogP) is 3.37. The first-order valence-corrected chi connectivity index (χ1v) is 9.24. The van der Waals surface area contributed by atoms with Crippen LogP contribution < -0.4 is 15.0 Å². The number of ether oxygens (including phenoxy) is 1. The maximum Gasteiger partial charge on any atom is 0.298 e. The molecule has 27 heavy (non-hydrogen) atoms. The first kappa shape index (κ1) is 17.4. The Morgan fingerprint density at radius 3 is 3.04 bits per heavy atom. The molecule has 2 aromatic carbocycles. The summed E-state index contributed by atoms with van der Waals surface area (Å²) in [6.07, 6.45) is 1.82. The van der Waals surface area contributed by atoms with Gasteiger partial charge in [0.05, 0.1) is 13.0 Å². The number of piperidine rings is 1. The number of hydrogen-bond donors (Lipinski definition) is 1. The fraction of sp³-hybridized carbons (Fsp3) is 0.333. The minimum absolute atomic E-state index is 0.0682. The van der Waals surface area contributed by atoms with Crippen LogP contribution in [-0.2, 0) is 11.3 Å². The van der Waals surface area contributed by atoms with Gasteiger partial charge in [-0.15, -0.1) is 0 Å². The molecule has 4 rings (SSSR count). The Bertz CT molecular complexity index is 904. The summed E-state index contributed by atoms with van der Waals surface area (Å²) in [6.45, 7) is 1.97. The van der Waals surface area contributed by atoms with Crippen molar-refractivity contribution in [2.24, 2.45) is 5.92 Å². The number of para-hydroxylation sites is 2. The molecule has 6 nitrogen and oxygen atoms in total. The molecule has 0 radical (unpaired) electrons. The average Bonchev–Trinajstić information content (AvgIpc) is 3.16. The third-order valence-corrected chi connectivity index (χ3v) is 4.95. The van der Waals surface area contributed by atoms with E-state index in [1.54, 1.807) is 7.11 Å². The molecule has 1 aliphatic rings. The first-order valence-electron chi connectivity index (χ1n) is 9.24. The van der Waals surface area contributed by atoms with E-state index in [-0.39, 0.29) is 11.8 Å². The number of rotatable bonds is 5. The molecule has 2 heterocycles. The maximum atomic E-state index is 12.7. The highest BCUT2D eigenvalue weighted by atomic mass is 16.5. The Labute approximate surface area is 158 Å². The molecular weight excluding hydrogens is 342 g/mol. The SMILES string of the molecule is COc1cccc(CNC(=O)[C@@H]2CCCN(c3nc4ccccc4o3)C2)c1.